The molecule has 2 aromatic rings. The molecule has 2 rings (SSSR count). The first-order valence-corrected chi connectivity index (χ1v) is 3.87. The molecule has 0 aliphatic carbocycles. The van der Waals surface area contributed by atoms with Crippen molar-refractivity contribution in [1.82, 2.24) is 9.71 Å². The molecule has 0 aliphatic heterocycles. The Kier molecular flexibility index (Phi) is 1.88. The zero-order valence-electron chi connectivity index (χ0n) is 6.92. The Bertz CT molecular complexity index is 383. The molecule has 1 aromatic heterocycles. The highest BCUT2D eigenvalue weighted by Gasteiger charge is 1.95. The van der Waals surface area contributed by atoms with E-state index in [-0.39, 0.29) is 0 Å². The second kappa shape index (κ2) is 3.18. The number of imidazole rings is 1. The zero-order chi connectivity index (χ0) is 9.10. The largest absolute Gasteiger partial charge is 0.382 e. The third-order valence-corrected chi connectivity index (χ3v) is 1.53. The lowest BCUT2D eigenvalue weighted by atomic mass is 10.3. The summed E-state index contributed by atoms with van der Waals surface area (Å²) in [5.41, 5.74) is 5.42. The van der Waals surface area contributed by atoms with Gasteiger partial charge in [0.1, 0.15) is 12.1 Å². The highest BCUT2D eigenvalue weighted by Crippen LogP contribution is 2.09. The lowest BCUT2D eigenvalue weighted by molar-refractivity contribution is 0.215. The average Bonchev–Trinajstić information content (AvgIpc) is 2.53. The van der Waals surface area contributed by atoms with Gasteiger partial charge in [-0.25, -0.2) is 4.98 Å². The molecule has 0 bridgehead atoms. The van der Waals surface area contributed by atoms with E-state index in [9.17, 15) is 0 Å². The molecule has 0 saturated heterocycles. The van der Waals surface area contributed by atoms with E-state index in [0.717, 1.165) is 5.75 Å². The van der Waals surface area contributed by atoms with Crippen LogP contribution in [0.4, 0.5) is 5.82 Å². The van der Waals surface area contributed by atoms with Gasteiger partial charge < -0.3 is 10.6 Å². The van der Waals surface area contributed by atoms with Gasteiger partial charge in [0.2, 0.25) is 0 Å². The van der Waals surface area contributed by atoms with Gasteiger partial charge in [0, 0.05) is 0 Å². The van der Waals surface area contributed by atoms with Gasteiger partial charge in [0.05, 0.1) is 6.20 Å². The van der Waals surface area contributed by atoms with E-state index in [2.05, 4.69) is 4.98 Å². The van der Waals surface area contributed by atoms with Crippen molar-refractivity contribution in [1.29, 1.82) is 0 Å². The summed E-state index contributed by atoms with van der Waals surface area (Å²) in [7, 11) is 0. The molecule has 0 unspecified atom stereocenters. The van der Waals surface area contributed by atoms with Crippen molar-refractivity contribution in [2.24, 2.45) is 0 Å². The Labute approximate surface area is 75.5 Å². The predicted molar refractivity (Wildman–Crippen MR) is 49.1 cm³/mol. The summed E-state index contributed by atoms with van der Waals surface area (Å²) in [4.78, 5) is 9.20. The molecule has 1 heterocycles. The summed E-state index contributed by atoms with van der Waals surface area (Å²) < 4.78 is 1.46. The minimum Gasteiger partial charge on any atom is -0.382 e. The van der Waals surface area contributed by atoms with Crippen LogP contribution in [0, 0.1) is 0 Å². The molecule has 0 fully saturated rings. The first kappa shape index (κ1) is 7.67. The Balaban J connectivity index is 2.15. The third kappa shape index (κ3) is 1.79. The monoisotopic (exact) mass is 175 g/mol. The van der Waals surface area contributed by atoms with Crippen LogP contribution in [0.2, 0.25) is 0 Å². The van der Waals surface area contributed by atoms with Crippen LogP contribution in [-0.4, -0.2) is 9.71 Å². The van der Waals surface area contributed by atoms with Gasteiger partial charge in [-0.3, -0.25) is 0 Å². The summed E-state index contributed by atoms with van der Waals surface area (Å²) in [5.74, 6) is 1.19. The number of rotatable bonds is 2. The number of anilines is 1. The Morgan fingerprint density at radius 1 is 1.23 bits per heavy atom. The SMILES string of the molecule is Nc1cn(Oc2ccccc2)cn1. The predicted octanol–water partition coefficient (Wildman–Crippen LogP) is 1.31. The number of nitrogens with two attached hydrogens (primary N) is 1. The molecule has 0 amide bonds. The minimum atomic E-state index is 0.441. The van der Waals surface area contributed by atoms with Crippen molar-refractivity contribution in [3.05, 3.63) is 42.9 Å². The van der Waals surface area contributed by atoms with Crippen LogP contribution in [0.3, 0.4) is 0 Å². The van der Waals surface area contributed by atoms with Crippen LogP contribution < -0.4 is 10.6 Å². The van der Waals surface area contributed by atoms with E-state index < -0.39 is 0 Å². The quantitative estimate of drug-likeness (QED) is 0.748. The smallest absolute Gasteiger partial charge is 0.155 e. The summed E-state index contributed by atoms with van der Waals surface area (Å²) in [6.07, 6.45) is 3.12. The lowest BCUT2D eigenvalue weighted by Gasteiger charge is -2.03. The lowest BCUT2D eigenvalue weighted by Crippen LogP contribution is -2.01. The number of nitrogens with zero attached hydrogens (tertiary/aromatic N) is 2. The first-order valence-electron chi connectivity index (χ1n) is 3.87. The average molecular weight is 175 g/mol. The van der Waals surface area contributed by atoms with E-state index in [1.807, 2.05) is 30.3 Å². The normalized spacial score (nSPS) is 9.85. The van der Waals surface area contributed by atoms with E-state index in [4.69, 9.17) is 10.6 Å². The highest BCUT2D eigenvalue weighted by atomic mass is 16.7. The fourth-order valence-corrected chi connectivity index (χ4v) is 0.974. The maximum absolute atomic E-state index is 5.42. The molecule has 66 valence electrons. The molecule has 0 radical (unpaired) electrons. The van der Waals surface area contributed by atoms with Crippen LogP contribution in [-0.2, 0) is 0 Å². The Morgan fingerprint density at radius 2 is 2.00 bits per heavy atom. The number of hydrogen-bond acceptors (Lipinski definition) is 3. The maximum Gasteiger partial charge on any atom is 0.155 e. The second-order valence-corrected chi connectivity index (χ2v) is 2.56. The summed E-state index contributed by atoms with van der Waals surface area (Å²) in [6.45, 7) is 0. The van der Waals surface area contributed by atoms with Crippen molar-refractivity contribution in [2.45, 2.75) is 0 Å². The molecule has 0 spiro atoms. The standard InChI is InChI=1S/C9H9N3O/c10-9-6-12(7-11-9)13-8-4-2-1-3-5-8/h1-7H,10H2. The first-order chi connectivity index (χ1) is 6.34. The molecule has 13 heavy (non-hydrogen) atoms. The van der Waals surface area contributed by atoms with Crippen LogP contribution in [0.15, 0.2) is 42.9 Å². The van der Waals surface area contributed by atoms with Gasteiger partial charge in [0.15, 0.2) is 5.75 Å². The fraction of sp³-hybridized carbons (Fsp3) is 0. The van der Waals surface area contributed by atoms with Crippen LogP contribution in [0.5, 0.6) is 5.75 Å². The van der Waals surface area contributed by atoms with Gasteiger partial charge in [-0.15, -0.1) is 0 Å². The van der Waals surface area contributed by atoms with E-state index in [1.54, 1.807) is 6.20 Å². The van der Waals surface area contributed by atoms with Crippen molar-refractivity contribution in [3.63, 3.8) is 0 Å². The maximum atomic E-state index is 5.42. The number of aromatic nitrogens is 2. The van der Waals surface area contributed by atoms with Crippen molar-refractivity contribution < 1.29 is 4.84 Å². The summed E-state index contributed by atoms with van der Waals surface area (Å²) in [6, 6.07) is 9.44. The molecule has 2 N–H and O–H groups in total. The van der Waals surface area contributed by atoms with Gasteiger partial charge in [0.25, 0.3) is 0 Å². The molecular formula is C9H9N3O. The highest BCUT2D eigenvalue weighted by molar-refractivity contribution is 5.24. The fourth-order valence-electron chi connectivity index (χ4n) is 0.974. The van der Waals surface area contributed by atoms with Crippen LogP contribution >= 0.6 is 0 Å². The summed E-state index contributed by atoms with van der Waals surface area (Å²) in [5, 5.41) is 0. The molecule has 1 aromatic carbocycles. The van der Waals surface area contributed by atoms with Gasteiger partial charge in [-0.1, -0.05) is 18.2 Å². The zero-order valence-corrected chi connectivity index (χ0v) is 6.92. The van der Waals surface area contributed by atoms with Crippen molar-refractivity contribution >= 4 is 5.82 Å². The second-order valence-electron chi connectivity index (χ2n) is 2.56. The number of para-hydroxylation sites is 1. The Morgan fingerprint density at radius 3 is 2.62 bits per heavy atom. The molecular weight excluding hydrogens is 166 g/mol. The van der Waals surface area contributed by atoms with Crippen LogP contribution in [0.1, 0.15) is 0 Å². The topological polar surface area (TPSA) is 53.1 Å². The molecule has 0 aliphatic rings. The third-order valence-electron chi connectivity index (χ3n) is 1.53. The number of benzene rings is 1. The molecule has 4 heteroatoms. The van der Waals surface area contributed by atoms with Gasteiger partial charge in [-0.05, 0) is 12.1 Å². The number of nitrogen functional groups attached to an aromatic ring is 1. The van der Waals surface area contributed by atoms with E-state index >= 15 is 0 Å². The number of hydrogen-bond donors (Lipinski definition) is 1. The van der Waals surface area contributed by atoms with E-state index in [0.29, 0.717) is 5.82 Å². The van der Waals surface area contributed by atoms with Gasteiger partial charge in [-0.2, -0.15) is 4.73 Å². The van der Waals surface area contributed by atoms with Crippen molar-refractivity contribution in [3.8, 4) is 5.75 Å². The molecule has 0 saturated carbocycles. The summed E-state index contributed by atoms with van der Waals surface area (Å²) >= 11 is 0. The van der Waals surface area contributed by atoms with Gasteiger partial charge >= 0.3 is 0 Å². The van der Waals surface area contributed by atoms with Crippen LogP contribution in [0.25, 0.3) is 0 Å². The van der Waals surface area contributed by atoms with E-state index in [1.165, 1.54) is 11.1 Å². The molecule has 0 atom stereocenters. The minimum absolute atomic E-state index is 0.441. The van der Waals surface area contributed by atoms with Crippen molar-refractivity contribution in [2.75, 3.05) is 5.73 Å². The Hall–Kier alpha value is -1.97. The molecule has 4 nitrogen and oxygen atoms in total.